The molecule has 0 aliphatic carbocycles. The number of hydrogen-bond acceptors (Lipinski definition) is 2. The zero-order valence-corrected chi connectivity index (χ0v) is 8.09. The second kappa shape index (κ2) is 4.04. The third-order valence-electron chi connectivity index (χ3n) is 2.19. The van der Waals surface area contributed by atoms with Gasteiger partial charge in [0.2, 0.25) is 5.91 Å². The number of carbonyl (C=O) groups is 1. The number of amides is 1. The zero-order chi connectivity index (χ0) is 10.8. The molecule has 0 aromatic carbocycles. The van der Waals surface area contributed by atoms with Gasteiger partial charge in [0.1, 0.15) is 0 Å². The molecule has 3 nitrogen and oxygen atoms in total. The van der Waals surface area contributed by atoms with E-state index < -0.39 is 24.9 Å². The zero-order valence-electron chi connectivity index (χ0n) is 8.09. The molecule has 1 rings (SSSR count). The van der Waals surface area contributed by atoms with Crippen molar-refractivity contribution >= 4 is 5.91 Å². The van der Waals surface area contributed by atoms with E-state index in [1.165, 1.54) is 4.90 Å². The molecular weight excluding hydrogens is 190 g/mol. The van der Waals surface area contributed by atoms with E-state index in [1.54, 1.807) is 13.1 Å². The predicted octanol–water partition coefficient (Wildman–Crippen LogP) is 0.628. The molecule has 5 heteroatoms. The Morgan fingerprint density at radius 3 is 2.86 bits per heavy atom. The number of likely N-dealkylation sites (N-methyl/N-ethyl adjacent to an activating group) is 1. The molecule has 1 N–H and O–H groups in total. The maximum Gasteiger partial charge on any atom is 0.262 e. The van der Waals surface area contributed by atoms with Gasteiger partial charge in [-0.2, -0.15) is 0 Å². The van der Waals surface area contributed by atoms with Crippen molar-refractivity contribution in [1.29, 1.82) is 0 Å². The van der Waals surface area contributed by atoms with Gasteiger partial charge in [-0.25, -0.2) is 8.78 Å². The van der Waals surface area contributed by atoms with Crippen molar-refractivity contribution in [3.8, 4) is 0 Å². The summed E-state index contributed by atoms with van der Waals surface area (Å²) in [7, 11) is 1.57. The molecule has 80 valence electrons. The molecule has 1 atom stereocenters. The topological polar surface area (TPSA) is 32.3 Å². The van der Waals surface area contributed by atoms with E-state index in [2.05, 4.69) is 11.9 Å². The van der Waals surface area contributed by atoms with Crippen molar-refractivity contribution in [2.24, 2.45) is 0 Å². The first-order chi connectivity index (χ1) is 6.46. The summed E-state index contributed by atoms with van der Waals surface area (Å²) < 4.78 is 25.5. The molecule has 0 aromatic heterocycles. The fourth-order valence-corrected chi connectivity index (χ4v) is 1.44. The van der Waals surface area contributed by atoms with E-state index in [0.29, 0.717) is 6.54 Å². The van der Waals surface area contributed by atoms with Crippen LogP contribution in [0, 0.1) is 0 Å². The number of carbonyl (C=O) groups excluding carboxylic acids is 1. The second-order valence-electron chi connectivity index (χ2n) is 3.50. The van der Waals surface area contributed by atoms with Gasteiger partial charge in [-0.3, -0.25) is 10.1 Å². The van der Waals surface area contributed by atoms with Crippen LogP contribution in [0.4, 0.5) is 8.78 Å². The number of hydrogen-bond donors (Lipinski definition) is 1. The summed E-state index contributed by atoms with van der Waals surface area (Å²) >= 11 is 0. The maximum atomic E-state index is 12.8. The summed E-state index contributed by atoms with van der Waals surface area (Å²) in [6, 6.07) is -0.755. The minimum absolute atomic E-state index is 0.304. The van der Waals surface area contributed by atoms with Crippen molar-refractivity contribution in [3.05, 3.63) is 12.7 Å². The number of nitrogens with zero attached hydrogens (tertiary/aromatic N) is 1. The first-order valence-corrected chi connectivity index (χ1v) is 4.43. The van der Waals surface area contributed by atoms with Crippen LogP contribution in [0.5, 0.6) is 0 Å². The van der Waals surface area contributed by atoms with Gasteiger partial charge in [0.05, 0.1) is 12.6 Å². The third kappa shape index (κ3) is 2.51. The van der Waals surface area contributed by atoms with E-state index in [9.17, 15) is 13.6 Å². The smallest absolute Gasteiger partial charge is 0.262 e. The summed E-state index contributed by atoms with van der Waals surface area (Å²) in [4.78, 5) is 12.9. The van der Waals surface area contributed by atoms with Gasteiger partial charge >= 0.3 is 0 Å². The second-order valence-corrected chi connectivity index (χ2v) is 3.50. The molecule has 0 radical (unpaired) electrons. The highest BCUT2D eigenvalue weighted by Crippen LogP contribution is 2.25. The van der Waals surface area contributed by atoms with Crippen LogP contribution in [0.2, 0.25) is 0 Å². The molecule has 1 unspecified atom stereocenters. The van der Waals surface area contributed by atoms with Crippen molar-refractivity contribution in [3.63, 3.8) is 0 Å². The molecule has 1 fully saturated rings. The van der Waals surface area contributed by atoms with Gasteiger partial charge in [0.25, 0.3) is 5.92 Å². The van der Waals surface area contributed by atoms with Gasteiger partial charge in [0.15, 0.2) is 0 Å². The minimum atomic E-state index is -2.75. The van der Waals surface area contributed by atoms with E-state index in [-0.39, 0.29) is 5.91 Å². The van der Waals surface area contributed by atoms with Crippen LogP contribution in [-0.4, -0.2) is 42.9 Å². The highest BCUT2D eigenvalue weighted by molar-refractivity contribution is 5.82. The van der Waals surface area contributed by atoms with Crippen LogP contribution in [0.25, 0.3) is 0 Å². The molecule has 1 aliphatic heterocycles. The Balaban J connectivity index is 2.51. The van der Waals surface area contributed by atoms with E-state index in [1.807, 2.05) is 0 Å². The van der Waals surface area contributed by atoms with Crippen molar-refractivity contribution in [1.82, 2.24) is 10.2 Å². The molecule has 1 heterocycles. The molecule has 0 bridgehead atoms. The highest BCUT2D eigenvalue weighted by atomic mass is 19.3. The van der Waals surface area contributed by atoms with E-state index in [0.717, 1.165) is 0 Å². The lowest BCUT2D eigenvalue weighted by molar-refractivity contribution is -0.131. The molecule has 1 amide bonds. The molecule has 0 spiro atoms. The summed E-state index contributed by atoms with van der Waals surface area (Å²) in [5.41, 5.74) is 0. The van der Waals surface area contributed by atoms with Crippen LogP contribution in [0.1, 0.15) is 6.42 Å². The van der Waals surface area contributed by atoms with Gasteiger partial charge in [0, 0.05) is 20.0 Å². The predicted molar refractivity (Wildman–Crippen MR) is 49.2 cm³/mol. The Kier molecular flexibility index (Phi) is 3.21. The summed E-state index contributed by atoms with van der Waals surface area (Å²) in [5.74, 6) is -3.06. The monoisotopic (exact) mass is 204 g/mol. The Hall–Kier alpha value is -0.970. The van der Waals surface area contributed by atoms with E-state index in [4.69, 9.17) is 0 Å². The molecule has 14 heavy (non-hydrogen) atoms. The Morgan fingerprint density at radius 1 is 1.79 bits per heavy atom. The van der Waals surface area contributed by atoms with Gasteiger partial charge < -0.3 is 4.90 Å². The van der Waals surface area contributed by atoms with Gasteiger partial charge in [-0.1, -0.05) is 6.08 Å². The molecular formula is C9H14F2N2O. The maximum absolute atomic E-state index is 12.8. The van der Waals surface area contributed by atoms with Crippen molar-refractivity contribution in [2.75, 3.05) is 20.1 Å². The van der Waals surface area contributed by atoms with Crippen LogP contribution >= 0.6 is 0 Å². The lowest BCUT2D eigenvalue weighted by Crippen LogP contribution is -2.41. The Morgan fingerprint density at radius 2 is 2.43 bits per heavy atom. The number of alkyl halides is 2. The summed E-state index contributed by atoms with van der Waals surface area (Å²) in [5, 5.41) is 2.51. The van der Waals surface area contributed by atoms with Gasteiger partial charge in [-0.05, 0) is 0 Å². The lowest BCUT2D eigenvalue weighted by Gasteiger charge is -2.19. The fourth-order valence-electron chi connectivity index (χ4n) is 1.44. The number of nitrogens with one attached hydrogen (secondary N) is 1. The van der Waals surface area contributed by atoms with Crippen LogP contribution < -0.4 is 5.32 Å². The first kappa shape index (κ1) is 11.1. The van der Waals surface area contributed by atoms with Crippen molar-refractivity contribution < 1.29 is 13.6 Å². The molecule has 1 saturated heterocycles. The van der Waals surface area contributed by atoms with Gasteiger partial charge in [-0.15, -0.1) is 6.58 Å². The first-order valence-electron chi connectivity index (χ1n) is 4.43. The number of rotatable bonds is 3. The lowest BCUT2D eigenvalue weighted by atomic mass is 10.2. The van der Waals surface area contributed by atoms with E-state index >= 15 is 0 Å². The normalized spacial score (nSPS) is 24.6. The average molecular weight is 204 g/mol. The Labute approximate surface area is 81.8 Å². The number of halogens is 2. The highest BCUT2D eigenvalue weighted by Gasteiger charge is 2.42. The Bertz CT molecular complexity index is 243. The van der Waals surface area contributed by atoms with Crippen LogP contribution in [-0.2, 0) is 4.79 Å². The fraction of sp³-hybridized carbons (Fsp3) is 0.667. The quantitative estimate of drug-likeness (QED) is 0.684. The molecule has 0 saturated carbocycles. The minimum Gasteiger partial charge on any atom is -0.341 e. The standard InChI is InChI=1S/C9H14F2N2O/c1-3-4-13(2)8(14)7-5-9(10,11)6-12-7/h3,7,12H,1,4-6H2,2H3. The largest absolute Gasteiger partial charge is 0.341 e. The molecule has 0 aromatic rings. The molecule has 1 aliphatic rings. The average Bonchev–Trinajstić information content (AvgIpc) is 2.45. The summed E-state index contributed by atoms with van der Waals surface area (Å²) in [6.45, 7) is 3.44. The summed E-state index contributed by atoms with van der Waals surface area (Å²) in [6.07, 6.45) is 1.15. The SMILES string of the molecule is C=CCN(C)C(=O)C1CC(F)(F)CN1. The van der Waals surface area contributed by atoms with Crippen molar-refractivity contribution in [2.45, 2.75) is 18.4 Å². The third-order valence-corrected chi connectivity index (χ3v) is 2.19. The van der Waals surface area contributed by atoms with Crippen LogP contribution in [0.3, 0.4) is 0 Å². The van der Waals surface area contributed by atoms with Crippen LogP contribution in [0.15, 0.2) is 12.7 Å².